The second-order valence-electron chi connectivity index (χ2n) is 4.42. The summed E-state index contributed by atoms with van der Waals surface area (Å²) in [5.74, 6) is 0.0388. The van der Waals surface area contributed by atoms with E-state index in [1.807, 2.05) is 0 Å². The van der Waals surface area contributed by atoms with E-state index in [4.69, 9.17) is 4.74 Å². The van der Waals surface area contributed by atoms with Crippen molar-refractivity contribution in [3.63, 3.8) is 0 Å². The van der Waals surface area contributed by atoms with Crippen LogP contribution in [-0.4, -0.2) is 32.3 Å². The lowest BCUT2D eigenvalue weighted by molar-refractivity contribution is -0.148. The Balaban J connectivity index is 2.54. The number of methoxy groups -OCH3 is 2. The highest BCUT2D eigenvalue weighted by atomic mass is 16.5. The Bertz CT molecular complexity index is 283. The third kappa shape index (κ3) is 3.89. The Labute approximate surface area is 101 Å². The highest BCUT2D eigenvalue weighted by Gasteiger charge is 2.34. The summed E-state index contributed by atoms with van der Waals surface area (Å²) in [6.07, 6.45) is 2.05. The van der Waals surface area contributed by atoms with Crippen molar-refractivity contribution in [3.05, 3.63) is 0 Å². The number of esters is 1. The number of amides is 1. The fourth-order valence-corrected chi connectivity index (χ4v) is 2.17. The summed E-state index contributed by atoms with van der Waals surface area (Å²) in [6, 6.07) is -0.0993. The molecule has 1 rings (SSSR count). The first-order valence-electron chi connectivity index (χ1n) is 5.75. The van der Waals surface area contributed by atoms with Crippen LogP contribution in [0, 0.1) is 11.8 Å². The van der Waals surface area contributed by atoms with Crippen LogP contribution in [0.1, 0.15) is 26.2 Å². The van der Waals surface area contributed by atoms with Crippen LogP contribution in [-0.2, 0) is 14.3 Å². The summed E-state index contributed by atoms with van der Waals surface area (Å²) < 4.78 is 9.23. The van der Waals surface area contributed by atoms with E-state index in [9.17, 15) is 9.59 Å². The van der Waals surface area contributed by atoms with Gasteiger partial charge in [-0.1, -0.05) is 6.92 Å². The molecule has 3 unspecified atom stereocenters. The summed E-state index contributed by atoms with van der Waals surface area (Å²) in [4.78, 5) is 22.6. The topological polar surface area (TPSA) is 76.7 Å². The van der Waals surface area contributed by atoms with Gasteiger partial charge in [-0.05, 0) is 25.2 Å². The van der Waals surface area contributed by atoms with Gasteiger partial charge in [-0.15, -0.1) is 0 Å². The van der Waals surface area contributed by atoms with Crippen LogP contribution in [0.2, 0.25) is 0 Å². The lowest BCUT2D eigenvalue weighted by Gasteiger charge is -2.33. The van der Waals surface area contributed by atoms with Gasteiger partial charge in [0.05, 0.1) is 20.1 Å². The second-order valence-corrected chi connectivity index (χ2v) is 4.42. The quantitative estimate of drug-likeness (QED) is 0.568. The molecule has 3 atom stereocenters. The lowest BCUT2D eigenvalue weighted by atomic mass is 9.79. The first kappa shape index (κ1) is 13.8. The standard InChI is InChI=1S/C11H20N2O4/c1-7-4-5-9(12-13-11(15)17-3)8(6-7)10(14)16-2/h7-9,12H,4-6H2,1-3H3,(H,13,15). The van der Waals surface area contributed by atoms with Gasteiger partial charge in [0, 0.05) is 6.04 Å². The van der Waals surface area contributed by atoms with Gasteiger partial charge in [0.1, 0.15) is 0 Å². The SMILES string of the molecule is COC(=O)NNC1CCC(C)CC1C(=O)OC. The number of carbonyl (C=O) groups excluding carboxylic acids is 2. The van der Waals surface area contributed by atoms with Crippen LogP contribution in [0.5, 0.6) is 0 Å². The molecule has 0 aromatic carbocycles. The molecule has 0 saturated heterocycles. The van der Waals surface area contributed by atoms with E-state index in [0.29, 0.717) is 5.92 Å². The molecule has 1 aliphatic rings. The van der Waals surface area contributed by atoms with Crippen molar-refractivity contribution in [2.45, 2.75) is 32.2 Å². The van der Waals surface area contributed by atoms with Crippen LogP contribution < -0.4 is 10.9 Å². The zero-order valence-corrected chi connectivity index (χ0v) is 10.5. The van der Waals surface area contributed by atoms with Crippen molar-refractivity contribution in [3.8, 4) is 0 Å². The molecule has 0 heterocycles. The van der Waals surface area contributed by atoms with E-state index in [2.05, 4.69) is 22.5 Å². The summed E-state index contributed by atoms with van der Waals surface area (Å²) >= 11 is 0. The van der Waals surface area contributed by atoms with Gasteiger partial charge in [-0.25, -0.2) is 10.2 Å². The molecule has 1 aliphatic carbocycles. The average molecular weight is 244 g/mol. The molecule has 6 heteroatoms. The van der Waals surface area contributed by atoms with Crippen molar-refractivity contribution < 1.29 is 19.1 Å². The highest BCUT2D eigenvalue weighted by Crippen LogP contribution is 2.29. The second kappa shape index (κ2) is 6.44. The van der Waals surface area contributed by atoms with E-state index in [0.717, 1.165) is 19.3 Å². The van der Waals surface area contributed by atoms with Gasteiger partial charge >= 0.3 is 12.1 Å². The predicted molar refractivity (Wildman–Crippen MR) is 61.0 cm³/mol. The number of hydrogen-bond acceptors (Lipinski definition) is 5. The van der Waals surface area contributed by atoms with Gasteiger partial charge in [0.15, 0.2) is 0 Å². The zero-order valence-electron chi connectivity index (χ0n) is 10.5. The van der Waals surface area contributed by atoms with E-state index in [1.54, 1.807) is 0 Å². The molecule has 0 radical (unpaired) electrons. The third-order valence-corrected chi connectivity index (χ3v) is 3.16. The largest absolute Gasteiger partial charge is 0.469 e. The number of rotatable bonds is 3. The van der Waals surface area contributed by atoms with Gasteiger partial charge in [-0.3, -0.25) is 10.2 Å². The normalized spacial score (nSPS) is 28.3. The Morgan fingerprint density at radius 2 is 1.88 bits per heavy atom. The van der Waals surface area contributed by atoms with Crippen molar-refractivity contribution >= 4 is 12.1 Å². The number of ether oxygens (including phenoxy) is 2. The molecule has 98 valence electrons. The van der Waals surface area contributed by atoms with E-state index in [-0.39, 0.29) is 17.9 Å². The van der Waals surface area contributed by atoms with Gasteiger partial charge in [0.2, 0.25) is 0 Å². The molecule has 0 aromatic rings. The molecular formula is C11H20N2O4. The van der Waals surface area contributed by atoms with Crippen LogP contribution >= 0.6 is 0 Å². The minimum absolute atomic E-state index is 0.0993. The van der Waals surface area contributed by atoms with Crippen LogP contribution in [0.4, 0.5) is 4.79 Å². The summed E-state index contributed by atoms with van der Waals surface area (Å²) in [5.41, 5.74) is 5.24. The van der Waals surface area contributed by atoms with E-state index < -0.39 is 6.09 Å². The number of nitrogens with one attached hydrogen (secondary N) is 2. The maximum absolute atomic E-state index is 11.6. The van der Waals surface area contributed by atoms with Crippen LogP contribution in [0.25, 0.3) is 0 Å². The Morgan fingerprint density at radius 3 is 2.47 bits per heavy atom. The molecule has 1 amide bonds. The van der Waals surface area contributed by atoms with Crippen molar-refractivity contribution in [2.75, 3.05) is 14.2 Å². The molecule has 2 N–H and O–H groups in total. The molecule has 0 bridgehead atoms. The van der Waals surface area contributed by atoms with Gasteiger partial charge in [0.25, 0.3) is 0 Å². The number of carbonyl (C=O) groups is 2. The van der Waals surface area contributed by atoms with Crippen molar-refractivity contribution in [1.29, 1.82) is 0 Å². The predicted octanol–water partition coefficient (Wildman–Crippen LogP) is 0.825. The monoisotopic (exact) mass is 244 g/mol. The van der Waals surface area contributed by atoms with Crippen LogP contribution in [0.15, 0.2) is 0 Å². The molecule has 0 spiro atoms. The first-order chi connectivity index (χ1) is 8.08. The highest BCUT2D eigenvalue weighted by molar-refractivity contribution is 5.73. The maximum atomic E-state index is 11.6. The fourth-order valence-electron chi connectivity index (χ4n) is 2.17. The van der Waals surface area contributed by atoms with Crippen LogP contribution in [0.3, 0.4) is 0 Å². The fraction of sp³-hybridized carbons (Fsp3) is 0.818. The summed E-state index contributed by atoms with van der Waals surface area (Å²) in [7, 11) is 2.67. The van der Waals surface area contributed by atoms with E-state index in [1.165, 1.54) is 14.2 Å². The summed E-state index contributed by atoms with van der Waals surface area (Å²) in [5, 5.41) is 0. The molecule has 0 aromatic heterocycles. The number of hydrogen-bond donors (Lipinski definition) is 2. The zero-order chi connectivity index (χ0) is 12.8. The molecule has 0 aliphatic heterocycles. The molecular weight excluding hydrogens is 224 g/mol. The third-order valence-electron chi connectivity index (χ3n) is 3.16. The summed E-state index contributed by atoms with van der Waals surface area (Å²) in [6.45, 7) is 2.11. The van der Waals surface area contributed by atoms with E-state index >= 15 is 0 Å². The van der Waals surface area contributed by atoms with Gasteiger partial charge < -0.3 is 9.47 Å². The number of hydrazine groups is 1. The smallest absolute Gasteiger partial charge is 0.421 e. The minimum Gasteiger partial charge on any atom is -0.469 e. The minimum atomic E-state index is -0.563. The molecule has 1 fully saturated rings. The Kier molecular flexibility index (Phi) is 5.21. The molecule has 17 heavy (non-hydrogen) atoms. The average Bonchev–Trinajstić information content (AvgIpc) is 2.35. The maximum Gasteiger partial charge on any atom is 0.421 e. The molecule has 6 nitrogen and oxygen atoms in total. The van der Waals surface area contributed by atoms with Gasteiger partial charge in [-0.2, -0.15) is 0 Å². The molecule has 1 saturated carbocycles. The Hall–Kier alpha value is -1.30. The first-order valence-corrected chi connectivity index (χ1v) is 5.75. The lowest BCUT2D eigenvalue weighted by Crippen LogP contribution is -2.51. The van der Waals surface area contributed by atoms with Crippen molar-refractivity contribution in [1.82, 2.24) is 10.9 Å². The Morgan fingerprint density at radius 1 is 1.18 bits per heavy atom. The van der Waals surface area contributed by atoms with Crippen molar-refractivity contribution in [2.24, 2.45) is 11.8 Å².